The minimum absolute atomic E-state index is 0.0129. The zero-order valence-electron chi connectivity index (χ0n) is 14.8. The Morgan fingerprint density at radius 3 is 2.62 bits per heavy atom. The first-order chi connectivity index (χ1) is 12.6. The predicted molar refractivity (Wildman–Crippen MR) is 102 cm³/mol. The summed E-state index contributed by atoms with van der Waals surface area (Å²) in [6, 6.07) is 14.9. The molecule has 0 bridgehead atoms. The smallest absolute Gasteiger partial charge is 0.251 e. The second-order valence-corrected chi connectivity index (χ2v) is 6.24. The van der Waals surface area contributed by atoms with Gasteiger partial charge in [-0.1, -0.05) is 30.3 Å². The summed E-state index contributed by atoms with van der Waals surface area (Å²) in [5.41, 5.74) is 2.38. The fraction of sp³-hybridized carbons (Fsp3) is 0.250. The van der Waals surface area contributed by atoms with Crippen molar-refractivity contribution in [2.75, 3.05) is 11.9 Å². The molecule has 0 saturated heterocycles. The number of aromatic nitrogens is 3. The fourth-order valence-electron chi connectivity index (χ4n) is 2.72. The Hall–Kier alpha value is -2.99. The van der Waals surface area contributed by atoms with E-state index in [0.29, 0.717) is 11.6 Å². The van der Waals surface area contributed by atoms with E-state index in [2.05, 4.69) is 15.3 Å². The van der Waals surface area contributed by atoms with Gasteiger partial charge in [-0.15, -0.1) is 0 Å². The van der Waals surface area contributed by atoms with Crippen molar-refractivity contribution in [1.29, 1.82) is 0 Å². The van der Waals surface area contributed by atoms with Gasteiger partial charge in [0.2, 0.25) is 5.95 Å². The molecule has 2 heterocycles. The maximum Gasteiger partial charge on any atom is 0.251 e. The summed E-state index contributed by atoms with van der Waals surface area (Å²) in [4.78, 5) is 21.2. The quantitative estimate of drug-likeness (QED) is 0.714. The molecule has 1 unspecified atom stereocenters. The summed E-state index contributed by atoms with van der Waals surface area (Å²) in [7, 11) is 0. The van der Waals surface area contributed by atoms with Crippen molar-refractivity contribution < 1.29 is 5.11 Å². The molecule has 6 nitrogen and oxygen atoms in total. The van der Waals surface area contributed by atoms with E-state index in [-0.39, 0.29) is 24.2 Å². The van der Waals surface area contributed by atoms with Crippen LogP contribution >= 0.6 is 0 Å². The molecule has 0 aliphatic carbocycles. The third kappa shape index (κ3) is 3.97. The number of nitrogens with zero attached hydrogens (tertiary/aromatic N) is 3. The third-order valence-electron chi connectivity index (χ3n) is 4.25. The second-order valence-electron chi connectivity index (χ2n) is 6.24. The Labute approximate surface area is 152 Å². The van der Waals surface area contributed by atoms with Crippen molar-refractivity contribution in [3.05, 3.63) is 76.8 Å². The lowest BCUT2D eigenvalue weighted by atomic mass is 10.1. The second kappa shape index (κ2) is 7.93. The van der Waals surface area contributed by atoms with Gasteiger partial charge in [0, 0.05) is 30.1 Å². The Balaban J connectivity index is 1.88. The van der Waals surface area contributed by atoms with Gasteiger partial charge in [0.15, 0.2) is 0 Å². The van der Waals surface area contributed by atoms with Gasteiger partial charge in [0.25, 0.3) is 5.56 Å². The number of hydrogen-bond donors (Lipinski definition) is 2. The van der Waals surface area contributed by atoms with Crippen molar-refractivity contribution in [2.45, 2.75) is 25.9 Å². The Kier molecular flexibility index (Phi) is 5.43. The van der Waals surface area contributed by atoms with Crippen LogP contribution in [-0.2, 0) is 0 Å². The van der Waals surface area contributed by atoms with Crippen molar-refractivity contribution in [3.63, 3.8) is 0 Å². The summed E-state index contributed by atoms with van der Waals surface area (Å²) in [5, 5.41) is 12.1. The average molecular weight is 350 g/mol. The number of hydrogen-bond acceptors (Lipinski definition) is 5. The SMILES string of the molecule is CC(c1ccccc1)n1ccc(-c2ccnc(N[C@@H](C)CO)n2)cc1=O. The standard InChI is InChI=1S/C20H22N4O2/c1-14(13-25)22-20-21-10-8-18(23-20)17-9-11-24(19(26)12-17)15(2)16-6-4-3-5-7-16/h3-12,14-15,25H,13H2,1-2H3,(H,21,22,23)/t14-,15?/m0/s1. The molecule has 2 aromatic heterocycles. The van der Waals surface area contributed by atoms with Gasteiger partial charge in [0.05, 0.1) is 18.3 Å². The van der Waals surface area contributed by atoms with Gasteiger partial charge in [-0.25, -0.2) is 9.97 Å². The van der Waals surface area contributed by atoms with E-state index in [1.54, 1.807) is 29.1 Å². The Morgan fingerprint density at radius 1 is 1.15 bits per heavy atom. The van der Waals surface area contributed by atoms with Crippen molar-refractivity contribution in [3.8, 4) is 11.3 Å². The Bertz CT molecular complexity index is 924. The van der Waals surface area contributed by atoms with E-state index in [0.717, 1.165) is 11.1 Å². The van der Waals surface area contributed by atoms with Crippen molar-refractivity contribution >= 4 is 5.95 Å². The molecule has 0 fully saturated rings. The monoisotopic (exact) mass is 350 g/mol. The topological polar surface area (TPSA) is 80.0 Å². The lowest BCUT2D eigenvalue weighted by molar-refractivity contribution is 0.281. The first-order valence-electron chi connectivity index (χ1n) is 8.56. The minimum Gasteiger partial charge on any atom is -0.394 e. The number of nitrogens with one attached hydrogen (secondary N) is 1. The highest BCUT2D eigenvalue weighted by atomic mass is 16.3. The molecule has 2 atom stereocenters. The molecule has 0 aliphatic heterocycles. The van der Waals surface area contributed by atoms with E-state index >= 15 is 0 Å². The minimum atomic E-state index is -0.148. The summed E-state index contributed by atoms with van der Waals surface area (Å²) < 4.78 is 1.70. The van der Waals surface area contributed by atoms with Crippen LogP contribution in [0.4, 0.5) is 5.95 Å². The normalized spacial score (nSPS) is 13.2. The van der Waals surface area contributed by atoms with Gasteiger partial charge in [0.1, 0.15) is 0 Å². The summed E-state index contributed by atoms with van der Waals surface area (Å²) in [6.07, 6.45) is 3.42. The molecule has 0 spiro atoms. The molecule has 2 N–H and O–H groups in total. The molecule has 134 valence electrons. The van der Waals surface area contributed by atoms with Crippen molar-refractivity contribution in [1.82, 2.24) is 14.5 Å². The highest BCUT2D eigenvalue weighted by Crippen LogP contribution is 2.19. The maximum absolute atomic E-state index is 12.6. The molecule has 3 aromatic rings. The molecule has 1 aromatic carbocycles. The molecular formula is C20H22N4O2. The van der Waals surface area contributed by atoms with Crippen LogP contribution in [0.5, 0.6) is 0 Å². The van der Waals surface area contributed by atoms with Crippen molar-refractivity contribution in [2.24, 2.45) is 0 Å². The van der Waals surface area contributed by atoms with Gasteiger partial charge >= 0.3 is 0 Å². The lowest BCUT2D eigenvalue weighted by Crippen LogP contribution is -2.23. The largest absolute Gasteiger partial charge is 0.394 e. The van der Waals surface area contributed by atoms with E-state index in [1.165, 1.54) is 0 Å². The molecular weight excluding hydrogens is 328 g/mol. The molecule has 3 rings (SSSR count). The van der Waals surface area contributed by atoms with E-state index < -0.39 is 0 Å². The first kappa shape index (κ1) is 17.8. The zero-order chi connectivity index (χ0) is 18.5. The molecule has 0 radical (unpaired) electrons. The van der Waals surface area contributed by atoms with E-state index in [4.69, 9.17) is 5.11 Å². The van der Waals surface area contributed by atoms with E-state index in [9.17, 15) is 4.79 Å². The molecule has 6 heteroatoms. The maximum atomic E-state index is 12.6. The highest BCUT2D eigenvalue weighted by Gasteiger charge is 2.11. The van der Waals surface area contributed by atoms with Crippen LogP contribution in [0.25, 0.3) is 11.3 Å². The van der Waals surface area contributed by atoms with Crippen LogP contribution in [0.15, 0.2) is 65.7 Å². The average Bonchev–Trinajstić information content (AvgIpc) is 2.68. The van der Waals surface area contributed by atoms with E-state index in [1.807, 2.05) is 50.2 Å². The zero-order valence-corrected chi connectivity index (χ0v) is 14.8. The summed E-state index contributed by atoms with van der Waals surface area (Å²) in [6.45, 7) is 3.82. The summed E-state index contributed by atoms with van der Waals surface area (Å²) >= 11 is 0. The number of aliphatic hydroxyl groups is 1. The first-order valence-corrected chi connectivity index (χ1v) is 8.56. The Morgan fingerprint density at radius 2 is 1.92 bits per heavy atom. The number of rotatable bonds is 6. The number of pyridine rings is 1. The van der Waals surface area contributed by atoms with Crippen LogP contribution in [0.3, 0.4) is 0 Å². The third-order valence-corrected chi connectivity index (χ3v) is 4.25. The molecule has 26 heavy (non-hydrogen) atoms. The van der Waals surface area contributed by atoms with Gasteiger partial charge in [-0.05, 0) is 31.5 Å². The molecule has 0 saturated carbocycles. The number of benzene rings is 1. The van der Waals surface area contributed by atoms with Gasteiger partial charge in [-0.3, -0.25) is 4.79 Å². The summed E-state index contributed by atoms with van der Waals surface area (Å²) in [5.74, 6) is 0.422. The van der Waals surface area contributed by atoms with Crippen LogP contribution in [0.1, 0.15) is 25.5 Å². The van der Waals surface area contributed by atoms with Crippen LogP contribution in [0, 0.1) is 0 Å². The van der Waals surface area contributed by atoms with Gasteiger partial charge < -0.3 is 15.0 Å². The van der Waals surface area contributed by atoms with Crippen LogP contribution < -0.4 is 10.9 Å². The predicted octanol–water partition coefficient (Wildman–Crippen LogP) is 2.71. The van der Waals surface area contributed by atoms with Gasteiger partial charge in [-0.2, -0.15) is 0 Å². The number of anilines is 1. The number of aliphatic hydroxyl groups excluding tert-OH is 1. The highest BCUT2D eigenvalue weighted by molar-refractivity contribution is 5.59. The molecule has 0 aliphatic rings. The van der Waals surface area contributed by atoms with Crippen LogP contribution in [0.2, 0.25) is 0 Å². The van der Waals surface area contributed by atoms with Crippen LogP contribution in [-0.4, -0.2) is 32.3 Å². The molecule has 0 amide bonds. The lowest BCUT2D eigenvalue weighted by Gasteiger charge is -2.16. The fourth-order valence-corrected chi connectivity index (χ4v) is 2.72.